The summed E-state index contributed by atoms with van der Waals surface area (Å²) in [6.45, 7) is 11.5. The number of esters is 1. The molecule has 3 amide bonds. The number of nitrogens with zero attached hydrogens (tertiary/aromatic N) is 4. The predicted molar refractivity (Wildman–Crippen MR) is 226 cm³/mol. The maximum absolute atomic E-state index is 14.5. The van der Waals surface area contributed by atoms with Crippen molar-refractivity contribution in [2.75, 3.05) is 40.9 Å². The van der Waals surface area contributed by atoms with Gasteiger partial charge in [0.15, 0.2) is 0 Å². The van der Waals surface area contributed by atoms with Crippen LogP contribution in [0, 0.1) is 11.3 Å². The number of pyridine rings is 1. The van der Waals surface area contributed by atoms with Gasteiger partial charge in [-0.1, -0.05) is 39.8 Å². The first kappa shape index (κ1) is 43.3. The van der Waals surface area contributed by atoms with Gasteiger partial charge < -0.3 is 34.7 Å². The highest BCUT2D eigenvalue weighted by Crippen LogP contribution is 2.41. The Hall–Kier alpha value is -5.31. The molecule has 2 aliphatic heterocycles. The van der Waals surface area contributed by atoms with Crippen molar-refractivity contribution in [1.29, 1.82) is 0 Å². The normalized spacial score (nSPS) is 19.0. The molecule has 1 unspecified atom stereocenters. The smallest absolute Gasteiger partial charge is 0.324 e. The quantitative estimate of drug-likeness (QED) is 0.167. The van der Waals surface area contributed by atoms with E-state index in [1.165, 1.54) is 9.91 Å². The molecule has 0 spiro atoms. The van der Waals surface area contributed by atoms with Gasteiger partial charge in [0.2, 0.25) is 11.8 Å². The van der Waals surface area contributed by atoms with Crippen molar-refractivity contribution < 1.29 is 33.8 Å². The number of methoxy groups -OCH3 is 1. The zero-order valence-corrected chi connectivity index (χ0v) is 35.6. The summed E-state index contributed by atoms with van der Waals surface area (Å²) in [6.07, 6.45) is 5.23. The number of phenols is 1. The second-order valence-corrected chi connectivity index (χ2v) is 16.9. The van der Waals surface area contributed by atoms with Gasteiger partial charge in [0, 0.05) is 67.9 Å². The molecule has 0 aliphatic carbocycles. The number of aromatic nitrogens is 2. The van der Waals surface area contributed by atoms with E-state index in [1.54, 1.807) is 39.5 Å². The minimum absolute atomic E-state index is 0.00799. The summed E-state index contributed by atoms with van der Waals surface area (Å²) >= 11 is 0. The third-order valence-electron chi connectivity index (χ3n) is 11.4. The number of carbonyl (C=O) groups is 4. The van der Waals surface area contributed by atoms with Gasteiger partial charge in [0.1, 0.15) is 23.9 Å². The molecule has 316 valence electrons. The summed E-state index contributed by atoms with van der Waals surface area (Å²) < 4.78 is 14.0. The Morgan fingerprint density at radius 2 is 1.92 bits per heavy atom. The third-order valence-corrected chi connectivity index (χ3v) is 11.4. The molecule has 14 nitrogen and oxygen atoms in total. The Bertz CT molecular complexity index is 2200. The highest BCUT2D eigenvalue weighted by atomic mass is 16.5. The number of aromatic hydroxyl groups is 1. The molecule has 1 fully saturated rings. The number of cyclic esters (lactones) is 1. The number of amides is 3. The lowest BCUT2D eigenvalue weighted by atomic mass is 9.84. The first-order chi connectivity index (χ1) is 28.2. The number of ether oxygens (including phenoxy) is 2. The summed E-state index contributed by atoms with van der Waals surface area (Å²) in [4.78, 5) is 61.2. The van der Waals surface area contributed by atoms with Crippen LogP contribution in [0.1, 0.15) is 64.2 Å². The number of hydrogen-bond acceptors (Lipinski definition) is 10. The molecule has 2 aromatic heterocycles. The number of benzene rings is 2. The monoisotopic (exact) mass is 809 g/mol. The topological polar surface area (TPSA) is 167 Å². The fourth-order valence-corrected chi connectivity index (χ4v) is 8.55. The second kappa shape index (κ2) is 18.3. The van der Waals surface area contributed by atoms with Gasteiger partial charge in [-0.2, -0.15) is 0 Å². The molecule has 4 aromatic rings. The number of rotatable bonds is 10. The molecule has 2 aromatic carbocycles. The van der Waals surface area contributed by atoms with Crippen LogP contribution in [0.2, 0.25) is 0 Å². The molecule has 6 bridgehead atoms. The van der Waals surface area contributed by atoms with Crippen molar-refractivity contribution in [1.82, 2.24) is 35.5 Å². The van der Waals surface area contributed by atoms with Crippen molar-refractivity contribution in [3.63, 3.8) is 0 Å². The number of aryl methyl sites for hydroxylation is 1. The predicted octanol–water partition coefficient (Wildman–Crippen LogP) is 4.59. The van der Waals surface area contributed by atoms with Crippen molar-refractivity contribution >= 4 is 34.6 Å². The van der Waals surface area contributed by atoms with Crippen LogP contribution in [-0.4, -0.2) is 107 Å². The van der Waals surface area contributed by atoms with Crippen LogP contribution in [0.3, 0.4) is 0 Å². The van der Waals surface area contributed by atoms with E-state index in [-0.39, 0.29) is 37.1 Å². The minimum atomic E-state index is -1.11. The molecule has 14 heteroatoms. The minimum Gasteiger partial charge on any atom is -0.508 e. The van der Waals surface area contributed by atoms with E-state index in [0.29, 0.717) is 44.5 Å². The van der Waals surface area contributed by atoms with E-state index in [2.05, 4.69) is 58.5 Å². The molecule has 6 rings (SSSR count). The second-order valence-electron chi connectivity index (χ2n) is 16.9. The fourth-order valence-electron chi connectivity index (χ4n) is 8.55. The summed E-state index contributed by atoms with van der Waals surface area (Å²) in [6, 6.07) is 10.7. The highest BCUT2D eigenvalue weighted by Gasteiger charge is 2.37. The first-order valence-corrected chi connectivity index (χ1v) is 20.5. The van der Waals surface area contributed by atoms with Crippen LogP contribution < -0.4 is 16.1 Å². The maximum Gasteiger partial charge on any atom is 0.324 e. The Morgan fingerprint density at radius 3 is 2.63 bits per heavy atom. The van der Waals surface area contributed by atoms with Gasteiger partial charge in [-0.25, -0.2) is 5.43 Å². The Morgan fingerprint density at radius 1 is 1.14 bits per heavy atom. The lowest BCUT2D eigenvalue weighted by Gasteiger charge is -2.36. The van der Waals surface area contributed by atoms with Gasteiger partial charge in [0.05, 0.1) is 25.5 Å². The number of nitrogens with one attached hydrogen (secondary N) is 3. The van der Waals surface area contributed by atoms with Crippen LogP contribution in [0.15, 0.2) is 54.9 Å². The lowest BCUT2D eigenvalue weighted by Crippen LogP contribution is -2.62. The van der Waals surface area contributed by atoms with Crippen LogP contribution in [-0.2, 0) is 54.6 Å². The van der Waals surface area contributed by atoms with Crippen LogP contribution in [0.4, 0.5) is 0 Å². The number of hydrazine groups is 1. The van der Waals surface area contributed by atoms with Crippen molar-refractivity contribution in [2.45, 2.75) is 91.6 Å². The van der Waals surface area contributed by atoms with Gasteiger partial charge in [0.25, 0.3) is 5.91 Å². The lowest BCUT2D eigenvalue weighted by molar-refractivity contribution is -0.155. The van der Waals surface area contributed by atoms with Crippen molar-refractivity contribution in [3.8, 4) is 28.1 Å². The van der Waals surface area contributed by atoms with Gasteiger partial charge in [-0.3, -0.25) is 29.2 Å². The van der Waals surface area contributed by atoms with Gasteiger partial charge in [-0.15, -0.1) is 0 Å². The van der Waals surface area contributed by atoms with E-state index < -0.39 is 41.3 Å². The molecule has 59 heavy (non-hydrogen) atoms. The zero-order valence-electron chi connectivity index (χ0n) is 35.6. The summed E-state index contributed by atoms with van der Waals surface area (Å²) in [7, 11) is 4.91. The SMILES string of the molecule is CCn1c(-c2cnccc2COC)c2c3cc(ccc31)-c1cc(O)cc(c1)C[C@H](NC(=O)C(C(C)C)N(C)C(=O)CNC)C(=O)N1CCC[C@H](N1)C(=O)OCC(C)(C)C2. The zero-order chi connectivity index (χ0) is 42.6. The number of fused-ring (bicyclic) bond motifs is 6. The largest absolute Gasteiger partial charge is 0.508 e. The standard InChI is InChI=1S/C45H59N7O7/c1-9-51-38-13-12-29-21-33(38)34(41(51)35-23-47-15-14-30(35)25-58-8)22-45(4,5)26-59-44(57)36-11-10-16-52(49-36)43(56)37(19-28-17-31(29)20-32(53)18-28)48-42(55)40(27(2)3)50(7)39(54)24-46-6/h12-15,17-18,20-21,23,27,36-37,40,46,49,53H,9-11,16,19,22,24-26H2,1-8H3,(H,48,55)/t36-,37-,40?/m0/s1. The third kappa shape index (κ3) is 9.45. The average Bonchev–Trinajstić information content (AvgIpc) is 3.50. The van der Waals surface area contributed by atoms with E-state index in [4.69, 9.17) is 9.47 Å². The van der Waals surface area contributed by atoms with E-state index in [9.17, 15) is 24.3 Å². The molecule has 4 heterocycles. The molecule has 2 aliphatic rings. The highest BCUT2D eigenvalue weighted by molar-refractivity contribution is 5.96. The molecular weight excluding hydrogens is 751 g/mol. The Kier molecular flexibility index (Phi) is 13.4. The van der Waals surface area contributed by atoms with E-state index in [1.807, 2.05) is 38.2 Å². The first-order valence-electron chi connectivity index (χ1n) is 20.5. The summed E-state index contributed by atoms with van der Waals surface area (Å²) in [5.74, 6) is -1.93. The van der Waals surface area contributed by atoms with E-state index in [0.717, 1.165) is 44.4 Å². The Balaban J connectivity index is 1.50. The van der Waals surface area contributed by atoms with Crippen LogP contribution in [0.5, 0.6) is 5.75 Å². The maximum atomic E-state index is 14.5. The average molecular weight is 810 g/mol. The molecule has 3 atom stereocenters. The number of phenolic OH excluding ortho intramolecular Hbond substituents is 1. The van der Waals surface area contributed by atoms with Gasteiger partial charge >= 0.3 is 5.97 Å². The molecule has 1 saturated heterocycles. The molecular formula is C45H59N7O7. The Labute approximate surface area is 346 Å². The van der Waals surface area contributed by atoms with Gasteiger partial charge in [-0.05, 0) is 97.3 Å². The molecule has 0 saturated carbocycles. The summed E-state index contributed by atoms with van der Waals surface area (Å²) in [5, 5.41) is 19.4. The molecule has 0 radical (unpaired) electrons. The van der Waals surface area contributed by atoms with E-state index >= 15 is 0 Å². The van der Waals surface area contributed by atoms with Crippen molar-refractivity contribution in [2.24, 2.45) is 11.3 Å². The van der Waals surface area contributed by atoms with Crippen LogP contribution >= 0.6 is 0 Å². The number of likely N-dealkylation sites (N-methyl/N-ethyl adjacent to an activating group) is 2. The molecule has 4 N–H and O–H groups in total. The fraction of sp³-hybridized carbons (Fsp3) is 0.489. The number of hydrogen-bond donors (Lipinski definition) is 4. The number of carbonyl (C=O) groups excluding carboxylic acids is 4. The van der Waals surface area contributed by atoms with Crippen LogP contribution in [0.25, 0.3) is 33.3 Å². The summed E-state index contributed by atoms with van der Waals surface area (Å²) in [5.41, 5.74) is 9.86. The van der Waals surface area contributed by atoms with Crippen molar-refractivity contribution in [3.05, 3.63) is 71.5 Å².